The zero-order valence-corrected chi connectivity index (χ0v) is 11.0. The van der Waals surface area contributed by atoms with E-state index in [0.29, 0.717) is 4.68 Å². The Morgan fingerprint density at radius 1 is 1.43 bits per heavy atom. The van der Waals surface area contributed by atoms with Gasteiger partial charge in [-0.1, -0.05) is 5.21 Å². The maximum absolute atomic E-state index is 13.0. The summed E-state index contributed by atoms with van der Waals surface area (Å²) >= 11 is 0. The summed E-state index contributed by atoms with van der Waals surface area (Å²) in [5.41, 5.74) is 3.37. The lowest BCUT2D eigenvalue weighted by atomic mass is 10.3. The Labute approximate surface area is 117 Å². The van der Waals surface area contributed by atoms with Crippen LogP contribution in [-0.2, 0) is 16.1 Å². The highest BCUT2D eigenvalue weighted by molar-refractivity contribution is 5.93. The summed E-state index contributed by atoms with van der Waals surface area (Å²) in [6.45, 7) is 1.21. The van der Waals surface area contributed by atoms with Crippen LogP contribution in [0.25, 0.3) is 0 Å². The monoisotopic (exact) mass is 305 g/mol. The number of nitrogens with zero attached hydrogens (tertiary/aromatic N) is 3. The first-order valence-corrected chi connectivity index (χ1v) is 5.84. The molecule has 9 nitrogen and oxygen atoms in total. The molecule has 3 N–H and O–H groups in total. The number of halogens is 2. The van der Waals surface area contributed by atoms with Crippen molar-refractivity contribution in [1.82, 2.24) is 20.3 Å². The summed E-state index contributed by atoms with van der Waals surface area (Å²) in [6.07, 6.45) is -3.37. The number of esters is 1. The van der Waals surface area contributed by atoms with Crippen molar-refractivity contribution in [2.45, 2.75) is 26.3 Å². The van der Waals surface area contributed by atoms with Gasteiger partial charge in [0.25, 0.3) is 6.43 Å². The molecular formula is C10H13F2N5O4. The molecule has 0 saturated carbocycles. The van der Waals surface area contributed by atoms with E-state index >= 15 is 0 Å². The van der Waals surface area contributed by atoms with Crippen molar-refractivity contribution in [3.63, 3.8) is 0 Å². The van der Waals surface area contributed by atoms with E-state index in [4.69, 9.17) is 5.73 Å². The highest BCUT2D eigenvalue weighted by atomic mass is 19.3. The molecule has 0 bridgehead atoms. The van der Waals surface area contributed by atoms with Crippen molar-refractivity contribution in [2.24, 2.45) is 5.73 Å². The van der Waals surface area contributed by atoms with E-state index < -0.39 is 35.7 Å². The number of amides is 3. The van der Waals surface area contributed by atoms with Crippen LogP contribution in [0.15, 0.2) is 0 Å². The molecule has 0 saturated heterocycles. The average Bonchev–Trinajstić information content (AvgIpc) is 2.79. The highest BCUT2D eigenvalue weighted by Gasteiger charge is 2.27. The Morgan fingerprint density at radius 3 is 2.62 bits per heavy atom. The van der Waals surface area contributed by atoms with Gasteiger partial charge in [-0.05, 0) is 6.92 Å². The summed E-state index contributed by atoms with van der Waals surface area (Å²) in [5.74, 6) is -1.79. The zero-order valence-electron chi connectivity index (χ0n) is 11.0. The fraction of sp³-hybridized carbons (Fsp3) is 0.500. The first-order chi connectivity index (χ1) is 9.86. The van der Waals surface area contributed by atoms with Gasteiger partial charge in [-0.2, -0.15) is 0 Å². The van der Waals surface area contributed by atoms with Crippen molar-refractivity contribution in [1.29, 1.82) is 0 Å². The van der Waals surface area contributed by atoms with E-state index in [0.717, 1.165) is 0 Å². The number of alkyl halides is 2. The lowest BCUT2D eigenvalue weighted by Crippen LogP contribution is -2.35. The van der Waals surface area contributed by atoms with Crippen molar-refractivity contribution in [3.8, 4) is 0 Å². The lowest BCUT2D eigenvalue weighted by Gasteiger charge is -2.06. The molecule has 0 unspecified atom stereocenters. The number of urea groups is 1. The van der Waals surface area contributed by atoms with Crippen LogP contribution in [-0.4, -0.2) is 39.5 Å². The standard InChI is InChI=1S/C10H13F2N5O4/c1-2-21-9(19)6-7(8(11)12)17(16-15-6)4-3-5(18)14-10(13)20/h8H,2-4H2,1H3,(H3,13,14,18,20). The average molecular weight is 305 g/mol. The molecule has 0 aliphatic rings. The van der Waals surface area contributed by atoms with E-state index in [1.54, 1.807) is 5.32 Å². The van der Waals surface area contributed by atoms with Crippen LogP contribution >= 0.6 is 0 Å². The number of nitrogens with one attached hydrogen (secondary N) is 1. The van der Waals surface area contributed by atoms with Crippen LogP contribution in [0.3, 0.4) is 0 Å². The van der Waals surface area contributed by atoms with E-state index in [9.17, 15) is 23.2 Å². The molecule has 0 radical (unpaired) electrons. The van der Waals surface area contributed by atoms with Gasteiger partial charge in [-0.3, -0.25) is 10.1 Å². The van der Waals surface area contributed by atoms with E-state index in [1.165, 1.54) is 6.92 Å². The van der Waals surface area contributed by atoms with Crippen LogP contribution in [0.5, 0.6) is 0 Å². The maximum atomic E-state index is 13.0. The van der Waals surface area contributed by atoms with Gasteiger partial charge in [-0.15, -0.1) is 5.10 Å². The fourth-order valence-corrected chi connectivity index (χ4v) is 1.45. The van der Waals surface area contributed by atoms with Crippen LogP contribution < -0.4 is 11.1 Å². The quantitative estimate of drug-likeness (QED) is 0.710. The van der Waals surface area contributed by atoms with Gasteiger partial charge < -0.3 is 10.5 Å². The molecule has 1 aromatic heterocycles. The van der Waals surface area contributed by atoms with Gasteiger partial charge in [0.2, 0.25) is 5.91 Å². The predicted octanol–water partition coefficient (Wildman–Crippen LogP) is -0.0226. The minimum absolute atomic E-state index is 0.00457. The number of rotatable bonds is 6. The van der Waals surface area contributed by atoms with Gasteiger partial charge in [0.15, 0.2) is 5.69 Å². The number of primary amides is 1. The number of carbonyl (C=O) groups is 3. The Hall–Kier alpha value is -2.59. The van der Waals surface area contributed by atoms with Gasteiger partial charge in [0, 0.05) is 6.42 Å². The SMILES string of the molecule is CCOC(=O)c1nnn(CCC(=O)NC(N)=O)c1C(F)F. The predicted molar refractivity (Wildman–Crippen MR) is 63.3 cm³/mol. The third-order valence-corrected chi connectivity index (χ3v) is 2.26. The third-order valence-electron chi connectivity index (χ3n) is 2.26. The molecule has 0 atom stereocenters. The molecule has 0 aliphatic heterocycles. The van der Waals surface area contributed by atoms with E-state index in [1.807, 2.05) is 0 Å². The van der Waals surface area contributed by atoms with Crippen molar-refractivity contribution in [3.05, 3.63) is 11.4 Å². The number of ether oxygens (including phenoxy) is 1. The lowest BCUT2D eigenvalue weighted by molar-refractivity contribution is -0.120. The van der Waals surface area contributed by atoms with Gasteiger partial charge >= 0.3 is 12.0 Å². The number of nitrogens with two attached hydrogens (primary N) is 1. The molecule has 1 aromatic rings. The van der Waals surface area contributed by atoms with Gasteiger partial charge in [-0.25, -0.2) is 23.1 Å². The number of aromatic nitrogens is 3. The number of aryl methyl sites for hydroxylation is 1. The molecule has 0 spiro atoms. The summed E-state index contributed by atoms with van der Waals surface area (Å²) in [5, 5.41) is 8.48. The second-order valence-corrected chi connectivity index (χ2v) is 3.73. The molecule has 0 fully saturated rings. The van der Waals surface area contributed by atoms with Crippen LogP contribution in [0.4, 0.5) is 13.6 Å². The van der Waals surface area contributed by atoms with Crippen molar-refractivity contribution < 1.29 is 27.9 Å². The van der Waals surface area contributed by atoms with Crippen molar-refractivity contribution >= 4 is 17.9 Å². The number of hydrogen-bond donors (Lipinski definition) is 2. The Bertz CT molecular complexity index is 546. The summed E-state index contributed by atoms with van der Waals surface area (Å²) in [6, 6.07) is -1.06. The largest absolute Gasteiger partial charge is 0.461 e. The molecule has 1 heterocycles. The maximum Gasteiger partial charge on any atom is 0.361 e. The molecule has 116 valence electrons. The Balaban J connectivity index is 2.86. The second-order valence-electron chi connectivity index (χ2n) is 3.73. The van der Waals surface area contributed by atoms with Crippen LogP contribution in [0.1, 0.15) is 36.0 Å². The summed E-state index contributed by atoms with van der Waals surface area (Å²) < 4.78 is 31.2. The topological polar surface area (TPSA) is 129 Å². The van der Waals surface area contributed by atoms with Crippen LogP contribution in [0, 0.1) is 0 Å². The summed E-state index contributed by atoms with van der Waals surface area (Å²) in [7, 11) is 0. The van der Waals surface area contributed by atoms with Gasteiger partial charge in [0.1, 0.15) is 5.69 Å². The van der Waals surface area contributed by atoms with E-state index in [-0.39, 0.29) is 19.6 Å². The fourth-order valence-electron chi connectivity index (χ4n) is 1.45. The molecule has 3 amide bonds. The Kier molecular flexibility index (Phi) is 5.69. The first-order valence-electron chi connectivity index (χ1n) is 5.84. The number of imide groups is 1. The minimum atomic E-state index is -3.03. The molecule has 21 heavy (non-hydrogen) atoms. The number of carbonyl (C=O) groups excluding carboxylic acids is 3. The normalized spacial score (nSPS) is 10.5. The smallest absolute Gasteiger partial charge is 0.361 e. The molecular weight excluding hydrogens is 292 g/mol. The van der Waals surface area contributed by atoms with Crippen molar-refractivity contribution in [2.75, 3.05) is 6.61 Å². The zero-order chi connectivity index (χ0) is 16.0. The van der Waals surface area contributed by atoms with E-state index in [2.05, 4.69) is 15.0 Å². The third kappa shape index (κ3) is 4.47. The molecule has 0 aliphatic carbocycles. The molecule has 1 rings (SSSR count). The highest BCUT2D eigenvalue weighted by Crippen LogP contribution is 2.22. The molecule has 11 heteroatoms. The minimum Gasteiger partial charge on any atom is -0.461 e. The van der Waals surface area contributed by atoms with Gasteiger partial charge in [0.05, 0.1) is 13.2 Å². The first kappa shape index (κ1) is 16.5. The van der Waals surface area contributed by atoms with Crippen LogP contribution in [0.2, 0.25) is 0 Å². The number of hydrogen-bond acceptors (Lipinski definition) is 6. The molecule has 0 aromatic carbocycles. The second kappa shape index (κ2) is 7.26. The Morgan fingerprint density at radius 2 is 2.10 bits per heavy atom. The summed E-state index contributed by atoms with van der Waals surface area (Å²) in [4.78, 5) is 33.1.